The van der Waals surface area contributed by atoms with E-state index >= 15 is 0 Å². The van der Waals surface area contributed by atoms with E-state index in [0.717, 1.165) is 11.3 Å². The highest BCUT2D eigenvalue weighted by molar-refractivity contribution is 5.64. The van der Waals surface area contributed by atoms with Crippen LogP contribution >= 0.6 is 0 Å². The monoisotopic (exact) mass is 241 g/mol. The van der Waals surface area contributed by atoms with Crippen molar-refractivity contribution in [3.05, 3.63) is 41.5 Å². The van der Waals surface area contributed by atoms with Gasteiger partial charge >= 0.3 is 0 Å². The normalized spacial score (nSPS) is 11.6. The summed E-state index contributed by atoms with van der Waals surface area (Å²) in [6.45, 7) is 8.74. The lowest BCUT2D eigenvalue weighted by Gasteiger charge is -2.20. The van der Waals surface area contributed by atoms with Crippen LogP contribution in [0, 0.1) is 6.92 Å². The molecule has 3 heteroatoms. The number of nitrogen functional groups attached to an aromatic ring is 1. The first-order valence-electron chi connectivity index (χ1n) is 6.08. The van der Waals surface area contributed by atoms with E-state index < -0.39 is 0 Å². The molecule has 2 N–H and O–H groups in total. The van der Waals surface area contributed by atoms with Crippen LogP contribution in [0.1, 0.15) is 31.9 Å². The maximum atomic E-state index is 5.55. The first-order chi connectivity index (χ1) is 8.38. The lowest BCUT2D eigenvalue weighted by molar-refractivity contribution is 0.590. The third kappa shape index (κ3) is 2.50. The van der Waals surface area contributed by atoms with Gasteiger partial charge in [-0.1, -0.05) is 39.0 Å². The number of aromatic nitrogens is 2. The molecule has 0 aliphatic rings. The predicted molar refractivity (Wildman–Crippen MR) is 75.3 cm³/mol. The molecule has 0 fully saturated rings. The fraction of sp³-hybridized carbons (Fsp3) is 0.333. The highest BCUT2D eigenvalue weighted by Crippen LogP contribution is 2.28. The standard InChI is InChI=1S/C15H19N3/c1-10-9-11(15(2,3)4)5-6-12(10)13-7-8-14(16)18-17-13/h5-9H,1-4H3,(H2,16,18). The van der Waals surface area contributed by atoms with Crippen molar-refractivity contribution in [2.75, 3.05) is 5.73 Å². The summed E-state index contributed by atoms with van der Waals surface area (Å²) in [5.74, 6) is 0.447. The minimum Gasteiger partial charge on any atom is -0.382 e. The van der Waals surface area contributed by atoms with Crippen LogP contribution in [0.15, 0.2) is 30.3 Å². The van der Waals surface area contributed by atoms with Crippen LogP contribution in [-0.2, 0) is 5.41 Å². The van der Waals surface area contributed by atoms with Gasteiger partial charge in [-0.2, -0.15) is 0 Å². The van der Waals surface area contributed by atoms with Crippen molar-refractivity contribution in [2.45, 2.75) is 33.1 Å². The van der Waals surface area contributed by atoms with Crippen molar-refractivity contribution in [1.82, 2.24) is 10.2 Å². The van der Waals surface area contributed by atoms with E-state index in [1.807, 2.05) is 6.07 Å². The predicted octanol–water partition coefficient (Wildman–Crippen LogP) is 3.33. The summed E-state index contributed by atoms with van der Waals surface area (Å²) in [5, 5.41) is 8.02. The fourth-order valence-corrected chi connectivity index (χ4v) is 1.90. The first kappa shape index (κ1) is 12.6. The molecule has 2 rings (SSSR count). The molecule has 0 amide bonds. The van der Waals surface area contributed by atoms with E-state index in [1.54, 1.807) is 6.07 Å². The smallest absolute Gasteiger partial charge is 0.146 e. The van der Waals surface area contributed by atoms with Crippen molar-refractivity contribution in [2.24, 2.45) is 0 Å². The van der Waals surface area contributed by atoms with E-state index in [9.17, 15) is 0 Å². The van der Waals surface area contributed by atoms with Crippen molar-refractivity contribution in [1.29, 1.82) is 0 Å². The lowest BCUT2D eigenvalue weighted by Crippen LogP contribution is -2.11. The molecule has 2 aromatic rings. The molecule has 3 nitrogen and oxygen atoms in total. The number of aryl methyl sites for hydroxylation is 1. The van der Waals surface area contributed by atoms with E-state index in [1.165, 1.54) is 11.1 Å². The molecule has 0 saturated heterocycles. The average molecular weight is 241 g/mol. The molecule has 0 aliphatic heterocycles. The van der Waals surface area contributed by atoms with Crippen LogP contribution in [0.3, 0.4) is 0 Å². The first-order valence-corrected chi connectivity index (χ1v) is 6.08. The van der Waals surface area contributed by atoms with Crippen LogP contribution in [0.4, 0.5) is 5.82 Å². The molecule has 0 spiro atoms. The van der Waals surface area contributed by atoms with E-state index in [-0.39, 0.29) is 5.41 Å². The molecule has 18 heavy (non-hydrogen) atoms. The molecule has 1 aromatic heterocycles. The van der Waals surface area contributed by atoms with Crippen molar-refractivity contribution in [3.8, 4) is 11.3 Å². The number of benzene rings is 1. The van der Waals surface area contributed by atoms with Crippen molar-refractivity contribution in [3.63, 3.8) is 0 Å². The second-order valence-electron chi connectivity index (χ2n) is 5.62. The highest BCUT2D eigenvalue weighted by atomic mass is 15.1. The number of nitrogens with zero attached hydrogens (tertiary/aromatic N) is 2. The van der Waals surface area contributed by atoms with Crippen LogP contribution in [0.5, 0.6) is 0 Å². The molecule has 0 radical (unpaired) electrons. The Morgan fingerprint density at radius 2 is 1.72 bits per heavy atom. The quantitative estimate of drug-likeness (QED) is 0.833. The maximum absolute atomic E-state index is 5.55. The Bertz CT molecular complexity index is 551. The zero-order chi connectivity index (χ0) is 13.3. The summed E-state index contributed by atoms with van der Waals surface area (Å²) < 4.78 is 0. The van der Waals surface area contributed by atoms with Gasteiger partial charge in [0.15, 0.2) is 0 Å². The highest BCUT2D eigenvalue weighted by Gasteiger charge is 2.15. The molecule has 0 saturated carbocycles. The Balaban J connectivity index is 2.45. The Morgan fingerprint density at radius 1 is 1.00 bits per heavy atom. The van der Waals surface area contributed by atoms with E-state index in [4.69, 9.17) is 5.73 Å². The summed E-state index contributed by atoms with van der Waals surface area (Å²) in [5.41, 5.74) is 10.2. The molecule has 94 valence electrons. The van der Waals surface area contributed by atoms with Gasteiger partial charge in [0.1, 0.15) is 5.82 Å². The van der Waals surface area contributed by atoms with Crippen molar-refractivity contribution >= 4 is 5.82 Å². The topological polar surface area (TPSA) is 51.8 Å². The zero-order valence-electron chi connectivity index (χ0n) is 11.4. The third-order valence-electron chi connectivity index (χ3n) is 3.05. The fourth-order valence-electron chi connectivity index (χ4n) is 1.90. The number of hydrogen-bond donors (Lipinski definition) is 1. The van der Waals surface area contributed by atoms with Gasteiger partial charge in [0.05, 0.1) is 5.69 Å². The number of nitrogens with two attached hydrogens (primary N) is 1. The molecule has 0 aliphatic carbocycles. The van der Waals surface area contributed by atoms with E-state index in [2.05, 4.69) is 56.1 Å². The molecule has 1 aromatic carbocycles. The number of rotatable bonds is 1. The zero-order valence-corrected chi connectivity index (χ0v) is 11.4. The summed E-state index contributed by atoms with van der Waals surface area (Å²) >= 11 is 0. The Hall–Kier alpha value is -1.90. The Kier molecular flexibility index (Phi) is 3.07. The van der Waals surface area contributed by atoms with Gasteiger partial charge in [0.25, 0.3) is 0 Å². The van der Waals surface area contributed by atoms with Crippen LogP contribution in [0.25, 0.3) is 11.3 Å². The average Bonchev–Trinajstić information content (AvgIpc) is 2.29. The van der Waals surface area contributed by atoms with Gasteiger partial charge < -0.3 is 5.73 Å². The lowest BCUT2D eigenvalue weighted by atomic mass is 9.85. The largest absolute Gasteiger partial charge is 0.382 e. The number of anilines is 1. The number of hydrogen-bond acceptors (Lipinski definition) is 3. The minimum absolute atomic E-state index is 0.163. The molecular weight excluding hydrogens is 222 g/mol. The second-order valence-corrected chi connectivity index (χ2v) is 5.62. The minimum atomic E-state index is 0.163. The third-order valence-corrected chi connectivity index (χ3v) is 3.05. The van der Waals surface area contributed by atoms with Crippen molar-refractivity contribution < 1.29 is 0 Å². The van der Waals surface area contributed by atoms with Gasteiger partial charge in [0, 0.05) is 5.56 Å². The molecule has 0 bridgehead atoms. The molecular formula is C15H19N3. The molecule has 1 heterocycles. The summed E-state index contributed by atoms with van der Waals surface area (Å²) in [7, 11) is 0. The van der Waals surface area contributed by atoms with Gasteiger partial charge in [0.2, 0.25) is 0 Å². The van der Waals surface area contributed by atoms with Crippen LogP contribution < -0.4 is 5.73 Å². The summed E-state index contributed by atoms with van der Waals surface area (Å²) in [6, 6.07) is 10.2. The van der Waals surface area contributed by atoms with E-state index in [0.29, 0.717) is 5.82 Å². The maximum Gasteiger partial charge on any atom is 0.146 e. The second kappa shape index (κ2) is 4.41. The summed E-state index contributed by atoms with van der Waals surface area (Å²) in [4.78, 5) is 0. The van der Waals surface area contributed by atoms with Gasteiger partial charge in [-0.3, -0.25) is 0 Å². The Morgan fingerprint density at radius 3 is 2.22 bits per heavy atom. The van der Waals surface area contributed by atoms with Crippen LogP contribution in [0.2, 0.25) is 0 Å². The molecule has 0 atom stereocenters. The molecule has 0 unspecified atom stereocenters. The van der Waals surface area contributed by atoms with Gasteiger partial charge in [-0.15, -0.1) is 10.2 Å². The Labute approximate surface area is 108 Å². The van der Waals surface area contributed by atoms with Gasteiger partial charge in [-0.05, 0) is 35.6 Å². The van der Waals surface area contributed by atoms with Crippen LogP contribution in [-0.4, -0.2) is 10.2 Å². The summed E-state index contributed by atoms with van der Waals surface area (Å²) in [6.07, 6.45) is 0. The SMILES string of the molecule is Cc1cc(C(C)(C)C)ccc1-c1ccc(N)nn1. The van der Waals surface area contributed by atoms with Gasteiger partial charge in [-0.25, -0.2) is 0 Å².